The highest BCUT2D eigenvalue weighted by Crippen LogP contribution is 2.24. The van der Waals surface area contributed by atoms with Gasteiger partial charge >= 0.3 is 0 Å². The number of benzene rings is 3. The van der Waals surface area contributed by atoms with E-state index in [0.717, 1.165) is 11.1 Å². The predicted molar refractivity (Wildman–Crippen MR) is 117 cm³/mol. The summed E-state index contributed by atoms with van der Waals surface area (Å²) in [7, 11) is 0. The second kappa shape index (κ2) is 10.4. The molecule has 0 bridgehead atoms. The van der Waals surface area contributed by atoms with Crippen LogP contribution in [0.2, 0.25) is 10.0 Å². The Kier molecular flexibility index (Phi) is 7.67. The highest BCUT2D eigenvalue weighted by Gasteiger charge is 2.22. The lowest BCUT2D eigenvalue weighted by Crippen LogP contribution is -2.47. The first kappa shape index (κ1) is 21.3. The molecule has 2 unspecified atom stereocenters. The van der Waals surface area contributed by atoms with Crippen molar-refractivity contribution in [2.45, 2.75) is 18.7 Å². The Morgan fingerprint density at radius 3 is 2.24 bits per heavy atom. The van der Waals surface area contributed by atoms with Crippen molar-refractivity contribution >= 4 is 29.1 Å². The van der Waals surface area contributed by atoms with E-state index in [0.29, 0.717) is 28.8 Å². The fraction of sp³-hybridized carbons (Fsp3) is 0.174. The summed E-state index contributed by atoms with van der Waals surface area (Å²) < 4.78 is 5.91. The molecule has 150 valence electrons. The Hall–Kier alpha value is -2.37. The number of rotatable bonds is 8. The van der Waals surface area contributed by atoms with Gasteiger partial charge in [-0.2, -0.15) is 0 Å². The van der Waals surface area contributed by atoms with Crippen molar-refractivity contribution in [3.63, 3.8) is 0 Å². The van der Waals surface area contributed by atoms with Crippen molar-refractivity contribution in [3.05, 3.63) is 106 Å². The maximum atomic E-state index is 12.5. The Balaban J connectivity index is 1.67. The normalized spacial score (nSPS) is 12.9. The average molecular weight is 429 g/mol. The van der Waals surface area contributed by atoms with Crippen molar-refractivity contribution in [3.8, 4) is 0 Å². The molecule has 3 aromatic rings. The van der Waals surface area contributed by atoms with Crippen LogP contribution < -0.4 is 11.1 Å². The second-order valence-corrected chi connectivity index (χ2v) is 7.46. The molecule has 0 aliphatic rings. The van der Waals surface area contributed by atoms with E-state index >= 15 is 0 Å². The fourth-order valence-corrected chi connectivity index (χ4v) is 3.29. The summed E-state index contributed by atoms with van der Waals surface area (Å²) in [6.45, 7) is 0.695. The van der Waals surface area contributed by atoms with Crippen molar-refractivity contribution in [2.75, 3.05) is 6.61 Å². The predicted octanol–water partition coefficient (Wildman–Crippen LogP) is 5.01. The Morgan fingerprint density at radius 1 is 0.931 bits per heavy atom. The van der Waals surface area contributed by atoms with Gasteiger partial charge in [-0.15, -0.1) is 0 Å². The third-order valence-corrected chi connectivity index (χ3v) is 5.28. The van der Waals surface area contributed by atoms with Crippen LogP contribution in [0.25, 0.3) is 0 Å². The first-order chi connectivity index (χ1) is 14.0. The molecule has 6 heteroatoms. The lowest BCUT2D eigenvalue weighted by Gasteiger charge is -2.25. The molecule has 0 saturated heterocycles. The number of carbonyl (C=O) groups is 1. The lowest BCUT2D eigenvalue weighted by atomic mass is 9.96. The first-order valence-corrected chi connectivity index (χ1v) is 9.98. The largest absolute Gasteiger partial charge is 0.376 e. The molecule has 0 aromatic heterocycles. The number of nitrogens with one attached hydrogen (secondary N) is 1. The van der Waals surface area contributed by atoms with Gasteiger partial charge in [0.1, 0.15) is 0 Å². The minimum absolute atomic E-state index is 0.216. The Bertz CT molecular complexity index is 936. The molecular formula is C23H22Cl2N2O2. The molecular weight excluding hydrogens is 407 g/mol. The highest BCUT2D eigenvalue weighted by molar-refractivity contribution is 6.42. The van der Waals surface area contributed by atoms with Crippen LogP contribution in [0.15, 0.2) is 78.9 Å². The number of ether oxygens (including phenoxy) is 1. The third kappa shape index (κ3) is 6.05. The molecule has 3 rings (SSSR count). The summed E-state index contributed by atoms with van der Waals surface area (Å²) in [5.41, 5.74) is 8.82. The average Bonchev–Trinajstić information content (AvgIpc) is 2.75. The molecule has 0 saturated carbocycles. The number of amides is 1. The minimum atomic E-state index is -0.612. The summed E-state index contributed by atoms with van der Waals surface area (Å²) in [6, 6.07) is 24.1. The van der Waals surface area contributed by atoms with Crippen LogP contribution in [0.3, 0.4) is 0 Å². The maximum Gasteiger partial charge on any atom is 0.252 e. The van der Waals surface area contributed by atoms with Gasteiger partial charge in [0.25, 0.3) is 5.91 Å². The monoisotopic (exact) mass is 428 g/mol. The molecule has 0 fully saturated rings. The zero-order valence-electron chi connectivity index (χ0n) is 15.7. The number of hydrogen-bond acceptors (Lipinski definition) is 3. The van der Waals surface area contributed by atoms with Gasteiger partial charge in [0, 0.05) is 11.5 Å². The first-order valence-electron chi connectivity index (χ1n) is 9.22. The van der Waals surface area contributed by atoms with Gasteiger partial charge < -0.3 is 15.8 Å². The van der Waals surface area contributed by atoms with E-state index in [1.807, 2.05) is 54.6 Å². The number of halogens is 2. The van der Waals surface area contributed by atoms with Crippen molar-refractivity contribution in [1.82, 2.24) is 5.32 Å². The SMILES string of the molecule is NC(NC(=O)c1ccccc1)C(COCc1ccc(Cl)c(Cl)c1)c1ccccc1. The number of carbonyl (C=O) groups excluding carboxylic acids is 1. The number of nitrogens with two attached hydrogens (primary N) is 1. The maximum absolute atomic E-state index is 12.5. The zero-order chi connectivity index (χ0) is 20.6. The van der Waals surface area contributed by atoms with Crippen molar-refractivity contribution in [2.24, 2.45) is 5.73 Å². The summed E-state index contributed by atoms with van der Waals surface area (Å²) in [4.78, 5) is 12.5. The van der Waals surface area contributed by atoms with Crippen molar-refractivity contribution < 1.29 is 9.53 Å². The molecule has 29 heavy (non-hydrogen) atoms. The van der Waals surface area contributed by atoms with Crippen LogP contribution in [-0.4, -0.2) is 18.7 Å². The van der Waals surface area contributed by atoms with Gasteiger partial charge in [-0.05, 0) is 35.4 Å². The van der Waals surface area contributed by atoms with Gasteiger partial charge in [0.2, 0.25) is 0 Å². The third-order valence-electron chi connectivity index (χ3n) is 4.55. The van der Waals surface area contributed by atoms with Crippen LogP contribution in [0.5, 0.6) is 0 Å². The molecule has 1 amide bonds. The van der Waals surface area contributed by atoms with E-state index in [1.54, 1.807) is 24.3 Å². The van der Waals surface area contributed by atoms with Crippen molar-refractivity contribution in [1.29, 1.82) is 0 Å². The second-order valence-electron chi connectivity index (χ2n) is 6.65. The lowest BCUT2D eigenvalue weighted by molar-refractivity contribution is 0.0844. The van der Waals surface area contributed by atoms with Crippen LogP contribution in [0, 0.1) is 0 Å². The van der Waals surface area contributed by atoms with Gasteiger partial charge in [-0.3, -0.25) is 4.79 Å². The minimum Gasteiger partial charge on any atom is -0.376 e. The summed E-state index contributed by atoms with van der Waals surface area (Å²) in [5, 5.41) is 3.87. The fourth-order valence-electron chi connectivity index (χ4n) is 2.97. The Labute approximate surface area is 180 Å². The quantitative estimate of drug-likeness (QED) is 0.495. The van der Waals surface area contributed by atoms with E-state index in [2.05, 4.69) is 5.32 Å². The summed E-state index contributed by atoms with van der Waals surface area (Å²) >= 11 is 12.0. The Morgan fingerprint density at radius 2 is 1.59 bits per heavy atom. The van der Waals surface area contributed by atoms with E-state index in [-0.39, 0.29) is 11.8 Å². The van der Waals surface area contributed by atoms with E-state index < -0.39 is 6.17 Å². The zero-order valence-corrected chi connectivity index (χ0v) is 17.2. The summed E-state index contributed by atoms with van der Waals surface area (Å²) in [5.74, 6) is -0.435. The van der Waals surface area contributed by atoms with Crippen LogP contribution in [-0.2, 0) is 11.3 Å². The van der Waals surface area contributed by atoms with Gasteiger partial charge in [-0.25, -0.2) is 0 Å². The molecule has 4 nitrogen and oxygen atoms in total. The standard InChI is InChI=1S/C23H22Cl2N2O2/c24-20-12-11-16(13-21(20)25)14-29-15-19(17-7-3-1-4-8-17)22(26)27-23(28)18-9-5-2-6-10-18/h1-13,19,22H,14-15,26H2,(H,27,28). The topological polar surface area (TPSA) is 64.3 Å². The number of hydrogen-bond donors (Lipinski definition) is 2. The van der Waals surface area contributed by atoms with Gasteiger partial charge in [0.15, 0.2) is 0 Å². The van der Waals surface area contributed by atoms with E-state index in [9.17, 15) is 4.79 Å². The van der Waals surface area contributed by atoms with Gasteiger partial charge in [0.05, 0.1) is 29.4 Å². The van der Waals surface area contributed by atoms with E-state index in [1.165, 1.54) is 0 Å². The molecule has 0 spiro atoms. The van der Waals surface area contributed by atoms with Gasteiger partial charge in [-0.1, -0.05) is 77.8 Å². The highest BCUT2D eigenvalue weighted by atomic mass is 35.5. The molecule has 3 aromatic carbocycles. The summed E-state index contributed by atoms with van der Waals surface area (Å²) in [6.07, 6.45) is -0.612. The van der Waals surface area contributed by atoms with Crippen LogP contribution in [0.1, 0.15) is 27.4 Å². The molecule has 0 aliphatic heterocycles. The molecule has 0 radical (unpaired) electrons. The van der Waals surface area contributed by atoms with Crippen LogP contribution in [0.4, 0.5) is 0 Å². The molecule has 0 aliphatic carbocycles. The molecule has 2 atom stereocenters. The van der Waals surface area contributed by atoms with E-state index in [4.69, 9.17) is 33.7 Å². The smallest absolute Gasteiger partial charge is 0.252 e. The molecule has 0 heterocycles. The molecule has 3 N–H and O–H groups in total. The van der Waals surface area contributed by atoms with Crippen LogP contribution >= 0.6 is 23.2 Å².